The lowest BCUT2D eigenvalue weighted by Crippen LogP contribution is -2.43. The molecule has 5 heteroatoms. The molecule has 1 aliphatic rings. The average molecular weight is 261 g/mol. The first-order valence-electron chi connectivity index (χ1n) is 5.84. The number of methoxy groups -OCH3 is 1. The molecule has 0 fully saturated rings. The van der Waals surface area contributed by atoms with Crippen molar-refractivity contribution in [3.63, 3.8) is 0 Å². The number of carboxylic acid groups (broad SMARTS) is 1. The van der Waals surface area contributed by atoms with Gasteiger partial charge >= 0.3 is 5.97 Å². The molecule has 0 bridgehead atoms. The highest BCUT2D eigenvalue weighted by molar-refractivity contribution is 6.09. The first kappa shape index (κ1) is 13.1. The molecule has 1 heterocycles. The number of hydrogen-bond donors (Lipinski definition) is 1. The van der Waals surface area contributed by atoms with Crippen LogP contribution in [-0.2, 0) is 16.0 Å². The van der Waals surface area contributed by atoms with E-state index in [2.05, 4.69) is 6.58 Å². The number of fused-ring (bicyclic) bond motifs is 1. The zero-order valence-corrected chi connectivity index (χ0v) is 10.8. The van der Waals surface area contributed by atoms with Crippen LogP contribution >= 0.6 is 0 Å². The molecular formula is C14H15NO4. The minimum atomic E-state index is -1.02. The van der Waals surface area contributed by atoms with Crippen molar-refractivity contribution in [1.82, 2.24) is 0 Å². The third kappa shape index (κ3) is 2.19. The molecule has 1 unspecified atom stereocenters. The number of carboxylic acids is 1. The first-order chi connectivity index (χ1) is 8.95. The van der Waals surface area contributed by atoms with E-state index in [1.165, 1.54) is 4.90 Å². The predicted octanol–water partition coefficient (Wildman–Crippen LogP) is 1.61. The molecule has 100 valence electrons. The Morgan fingerprint density at radius 2 is 2.16 bits per heavy atom. The van der Waals surface area contributed by atoms with Crippen LogP contribution in [0.4, 0.5) is 5.69 Å². The van der Waals surface area contributed by atoms with Crippen molar-refractivity contribution in [1.29, 1.82) is 0 Å². The highest BCUT2D eigenvalue weighted by Crippen LogP contribution is 2.35. The van der Waals surface area contributed by atoms with Crippen molar-refractivity contribution in [2.45, 2.75) is 19.4 Å². The van der Waals surface area contributed by atoms with Crippen LogP contribution in [0.15, 0.2) is 30.4 Å². The van der Waals surface area contributed by atoms with Gasteiger partial charge in [-0.05, 0) is 30.7 Å². The summed E-state index contributed by atoms with van der Waals surface area (Å²) in [7, 11) is 1.54. The second kappa shape index (κ2) is 4.76. The molecule has 1 aromatic carbocycles. The van der Waals surface area contributed by atoms with Crippen LogP contribution < -0.4 is 9.64 Å². The summed E-state index contributed by atoms with van der Waals surface area (Å²) in [6, 6.07) is 4.29. The number of anilines is 1. The number of ether oxygens (including phenoxy) is 1. The van der Waals surface area contributed by atoms with Gasteiger partial charge in [-0.1, -0.05) is 6.58 Å². The number of amides is 1. The lowest BCUT2D eigenvalue weighted by atomic mass is 10.1. The third-order valence-electron chi connectivity index (χ3n) is 3.14. The molecule has 1 atom stereocenters. The Bertz CT molecular complexity index is 565. The van der Waals surface area contributed by atoms with Crippen LogP contribution in [-0.4, -0.2) is 30.1 Å². The summed E-state index contributed by atoms with van der Waals surface area (Å²) in [5.74, 6) is -0.742. The van der Waals surface area contributed by atoms with Gasteiger partial charge in [-0.15, -0.1) is 0 Å². The Morgan fingerprint density at radius 3 is 2.68 bits per heavy atom. The lowest BCUT2D eigenvalue weighted by molar-refractivity contribution is -0.139. The van der Waals surface area contributed by atoms with E-state index in [1.807, 2.05) is 0 Å². The van der Waals surface area contributed by atoms with Gasteiger partial charge in [0.25, 0.3) is 5.91 Å². The molecule has 0 radical (unpaired) electrons. The van der Waals surface area contributed by atoms with E-state index in [0.717, 1.165) is 5.56 Å². The van der Waals surface area contributed by atoms with Crippen LogP contribution in [0, 0.1) is 0 Å². The second-order valence-corrected chi connectivity index (χ2v) is 4.51. The minimum absolute atomic E-state index is 0.279. The summed E-state index contributed by atoms with van der Waals surface area (Å²) in [4.78, 5) is 24.7. The fraction of sp³-hybridized carbons (Fsp3) is 0.286. The van der Waals surface area contributed by atoms with Crippen molar-refractivity contribution >= 4 is 17.6 Å². The maximum absolute atomic E-state index is 12.1. The van der Waals surface area contributed by atoms with E-state index >= 15 is 0 Å². The molecule has 0 saturated heterocycles. The number of carbonyl (C=O) groups excluding carboxylic acids is 1. The zero-order valence-electron chi connectivity index (χ0n) is 10.8. The Hall–Kier alpha value is -2.30. The van der Waals surface area contributed by atoms with Gasteiger partial charge < -0.3 is 9.84 Å². The zero-order chi connectivity index (χ0) is 14.2. The van der Waals surface area contributed by atoms with E-state index in [-0.39, 0.29) is 12.3 Å². The molecule has 1 amide bonds. The molecule has 0 aliphatic carbocycles. The molecule has 1 aliphatic heterocycles. The molecule has 19 heavy (non-hydrogen) atoms. The molecule has 2 rings (SSSR count). The van der Waals surface area contributed by atoms with Crippen molar-refractivity contribution in [3.8, 4) is 5.75 Å². The van der Waals surface area contributed by atoms with Gasteiger partial charge in [-0.2, -0.15) is 0 Å². The van der Waals surface area contributed by atoms with E-state index < -0.39 is 12.0 Å². The van der Waals surface area contributed by atoms with Crippen LogP contribution in [0.3, 0.4) is 0 Å². The van der Waals surface area contributed by atoms with Crippen molar-refractivity contribution in [3.05, 3.63) is 35.9 Å². The highest BCUT2D eigenvalue weighted by Gasteiger charge is 2.38. The first-order valence-corrected chi connectivity index (χ1v) is 5.84. The number of benzene rings is 1. The smallest absolute Gasteiger partial charge is 0.327 e. The maximum atomic E-state index is 12.1. The summed E-state index contributed by atoms with van der Waals surface area (Å²) in [5, 5.41) is 9.26. The summed E-state index contributed by atoms with van der Waals surface area (Å²) in [6.07, 6.45) is 0.279. The predicted molar refractivity (Wildman–Crippen MR) is 70.4 cm³/mol. The Labute approximate surface area is 111 Å². The molecule has 0 saturated carbocycles. The van der Waals surface area contributed by atoms with Crippen molar-refractivity contribution < 1.29 is 19.4 Å². The van der Waals surface area contributed by atoms with Gasteiger partial charge in [0.2, 0.25) is 0 Å². The lowest BCUT2D eigenvalue weighted by Gasteiger charge is -2.22. The fourth-order valence-electron chi connectivity index (χ4n) is 2.21. The molecule has 1 aromatic rings. The molecular weight excluding hydrogens is 246 g/mol. The van der Waals surface area contributed by atoms with Crippen molar-refractivity contribution in [2.75, 3.05) is 12.0 Å². The molecule has 0 aromatic heterocycles. The minimum Gasteiger partial charge on any atom is -0.497 e. The van der Waals surface area contributed by atoms with Crippen LogP contribution in [0.1, 0.15) is 12.5 Å². The molecule has 1 N–H and O–H groups in total. The van der Waals surface area contributed by atoms with Crippen LogP contribution in [0.2, 0.25) is 0 Å². The maximum Gasteiger partial charge on any atom is 0.327 e. The Morgan fingerprint density at radius 1 is 1.47 bits per heavy atom. The number of carbonyl (C=O) groups is 2. The third-order valence-corrected chi connectivity index (χ3v) is 3.14. The summed E-state index contributed by atoms with van der Waals surface area (Å²) in [5.41, 5.74) is 1.72. The van der Waals surface area contributed by atoms with E-state index in [4.69, 9.17) is 4.74 Å². The number of hydrogen-bond acceptors (Lipinski definition) is 3. The SMILES string of the molecule is C=C(C)C(=O)N1c2ccc(OC)cc2CC1C(=O)O. The normalized spacial score (nSPS) is 16.9. The van der Waals surface area contributed by atoms with E-state index in [1.54, 1.807) is 32.2 Å². The summed E-state index contributed by atoms with van der Waals surface area (Å²) < 4.78 is 5.11. The Kier molecular flexibility index (Phi) is 3.29. The van der Waals surface area contributed by atoms with Gasteiger partial charge in [-0.25, -0.2) is 4.79 Å². The van der Waals surface area contributed by atoms with Gasteiger partial charge in [0.1, 0.15) is 11.8 Å². The van der Waals surface area contributed by atoms with E-state index in [9.17, 15) is 14.7 Å². The fourth-order valence-corrected chi connectivity index (χ4v) is 2.21. The van der Waals surface area contributed by atoms with Crippen LogP contribution in [0.5, 0.6) is 5.75 Å². The van der Waals surface area contributed by atoms with Gasteiger partial charge in [0.05, 0.1) is 7.11 Å². The monoisotopic (exact) mass is 261 g/mol. The van der Waals surface area contributed by atoms with Gasteiger partial charge in [0.15, 0.2) is 0 Å². The molecule has 0 spiro atoms. The standard InChI is InChI=1S/C14H15NO4/c1-8(2)13(16)15-11-5-4-10(19-3)6-9(11)7-12(15)14(17)18/h4-6,12H,1,7H2,2-3H3,(H,17,18). The Balaban J connectivity index is 2.48. The second-order valence-electron chi connectivity index (χ2n) is 4.51. The average Bonchev–Trinajstić information content (AvgIpc) is 2.75. The molecule has 5 nitrogen and oxygen atoms in total. The van der Waals surface area contributed by atoms with E-state index in [0.29, 0.717) is 17.0 Å². The number of aliphatic carboxylic acids is 1. The number of nitrogens with zero attached hydrogens (tertiary/aromatic N) is 1. The summed E-state index contributed by atoms with van der Waals surface area (Å²) >= 11 is 0. The van der Waals surface area contributed by atoms with Gasteiger partial charge in [-0.3, -0.25) is 9.69 Å². The topological polar surface area (TPSA) is 66.8 Å². The highest BCUT2D eigenvalue weighted by atomic mass is 16.5. The summed E-state index contributed by atoms with van der Waals surface area (Å²) in [6.45, 7) is 5.16. The number of rotatable bonds is 3. The van der Waals surface area contributed by atoms with Crippen LogP contribution in [0.25, 0.3) is 0 Å². The van der Waals surface area contributed by atoms with Gasteiger partial charge in [0, 0.05) is 17.7 Å². The van der Waals surface area contributed by atoms with Crippen molar-refractivity contribution in [2.24, 2.45) is 0 Å². The largest absolute Gasteiger partial charge is 0.497 e. The quantitative estimate of drug-likeness (QED) is 0.839.